The number of aromatic nitrogens is 1. The van der Waals surface area contributed by atoms with E-state index in [9.17, 15) is 4.79 Å². The summed E-state index contributed by atoms with van der Waals surface area (Å²) in [4.78, 5) is 16.2. The van der Waals surface area contributed by atoms with E-state index in [1.807, 2.05) is 0 Å². The molecule has 2 aromatic rings. The molecule has 0 radical (unpaired) electrons. The number of amides is 1. The van der Waals surface area contributed by atoms with Gasteiger partial charge in [-0.05, 0) is 31.2 Å². The van der Waals surface area contributed by atoms with E-state index in [0.717, 1.165) is 0 Å². The SMILES string of the molecule is Cc1cc(C(=O)Nc2ccc3c(c2)OCCO3)cc(Cl)n1. The van der Waals surface area contributed by atoms with Gasteiger partial charge in [0.2, 0.25) is 0 Å². The lowest BCUT2D eigenvalue weighted by Gasteiger charge is -2.19. The predicted molar refractivity (Wildman–Crippen MR) is 79.4 cm³/mol. The Hall–Kier alpha value is -2.27. The van der Waals surface area contributed by atoms with Crippen molar-refractivity contribution >= 4 is 23.2 Å². The summed E-state index contributed by atoms with van der Waals surface area (Å²) in [5.74, 6) is 1.06. The maximum absolute atomic E-state index is 12.2. The topological polar surface area (TPSA) is 60.5 Å². The molecule has 6 heteroatoms. The maximum Gasteiger partial charge on any atom is 0.255 e. The highest BCUT2D eigenvalue weighted by molar-refractivity contribution is 6.29. The number of rotatable bonds is 2. The number of fused-ring (bicyclic) bond motifs is 1. The van der Waals surface area contributed by atoms with Crippen molar-refractivity contribution in [2.45, 2.75) is 6.92 Å². The average Bonchev–Trinajstić information content (AvgIpc) is 2.46. The summed E-state index contributed by atoms with van der Waals surface area (Å²) in [7, 11) is 0. The van der Waals surface area contributed by atoms with Gasteiger partial charge in [0.05, 0.1) is 0 Å². The van der Waals surface area contributed by atoms with E-state index in [4.69, 9.17) is 21.1 Å². The number of nitrogens with zero attached hydrogens (tertiary/aromatic N) is 1. The third-order valence-electron chi connectivity index (χ3n) is 2.98. The van der Waals surface area contributed by atoms with Gasteiger partial charge in [0.1, 0.15) is 18.4 Å². The van der Waals surface area contributed by atoms with Crippen LogP contribution < -0.4 is 14.8 Å². The summed E-state index contributed by atoms with van der Waals surface area (Å²) in [6.07, 6.45) is 0. The fraction of sp³-hybridized carbons (Fsp3) is 0.200. The number of pyridine rings is 1. The van der Waals surface area contributed by atoms with Gasteiger partial charge in [0.15, 0.2) is 11.5 Å². The van der Waals surface area contributed by atoms with Crippen LogP contribution in [0.2, 0.25) is 5.15 Å². The van der Waals surface area contributed by atoms with E-state index in [1.54, 1.807) is 31.2 Å². The lowest BCUT2D eigenvalue weighted by Crippen LogP contribution is -2.16. The van der Waals surface area contributed by atoms with Gasteiger partial charge in [-0.2, -0.15) is 0 Å². The fourth-order valence-corrected chi connectivity index (χ4v) is 2.33. The van der Waals surface area contributed by atoms with Gasteiger partial charge in [0.25, 0.3) is 5.91 Å². The number of benzene rings is 1. The zero-order valence-corrected chi connectivity index (χ0v) is 12.1. The molecule has 0 spiro atoms. The summed E-state index contributed by atoms with van der Waals surface area (Å²) in [6, 6.07) is 8.49. The number of carbonyl (C=O) groups is 1. The minimum absolute atomic E-state index is 0.251. The van der Waals surface area contributed by atoms with Gasteiger partial charge < -0.3 is 14.8 Å². The van der Waals surface area contributed by atoms with Gasteiger partial charge in [-0.3, -0.25) is 4.79 Å². The molecule has 0 saturated carbocycles. The van der Waals surface area contributed by atoms with Crippen LogP contribution in [0.25, 0.3) is 0 Å². The Kier molecular flexibility index (Phi) is 3.66. The Morgan fingerprint density at radius 2 is 1.95 bits per heavy atom. The van der Waals surface area contributed by atoms with Crippen LogP contribution in [-0.2, 0) is 0 Å². The number of anilines is 1. The van der Waals surface area contributed by atoms with Gasteiger partial charge in [-0.1, -0.05) is 11.6 Å². The highest BCUT2D eigenvalue weighted by Crippen LogP contribution is 2.32. The third-order valence-corrected chi connectivity index (χ3v) is 3.18. The molecule has 0 unspecified atom stereocenters. The largest absolute Gasteiger partial charge is 0.486 e. The van der Waals surface area contributed by atoms with Crippen molar-refractivity contribution in [2.75, 3.05) is 18.5 Å². The minimum atomic E-state index is -0.251. The molecule has 21 heavy (non-hydrogen) atoms. The summed E-state index contributed by atoms with van der Waals surface area (Å²) in [5.41, 5.74) is 1.78. The lowest BCUT2D eigenvalue weighted by atomic mass is 10.2. The molecule has 5 nitrogen and oxygen atoms in total. The van der Waals surface area contributed by atoms with Gasteiger partial charge >= 0.3 is 0 Å². The molecule has 1 amide bonds. The van der Waals surface area contributed by atoms with E-state index in [2.05, 4.69) is 10.3 Å². The van der Waals surface area contributed by atoms with Crippen molar-refractivity contribution in [1.29, 1.82) is 0 Å². The molecule has 108 valence electrons. The van der Waals surface area contributed by atoms with Crippen LogP contribution in [0.4, 0.5) is 5.69 Å². The maximum atomic E-state index is 12.2. The monoisotopic (exact) mass is 304 g/mol. The van der Waals surface area contributed by atoms with Crippen molar-refractivity contribution < 1.29 is 14.3 Å². The molecule has 1 aromatic carbocycles. The summed E-state index contributed by atoms with van der Waals surface area (Å²) >= 11 is 5.86. The van der Waals surface area contributed by atoms with Gasteiger partial charge in [0, 0.05) is 23.0 Å². The second-order valence-electron chi connectivity index (χ2n) is 4.63. The summed E-state index contributed by atoms with van der Waals surface area (Å²) < 4.78 is 10.9. The van der Waals surface area contributed by atoms with Gasteiger partial charge in [-0.15, -0.1) is 0 Å². The molecule has 0 atom stereocenters. The number of halogens is 1. The molecule has 0 aliphatic carbocycles. The number of aryl methyl sites for hydroxylation is 1. The molecule has 1 N–H and O–H groups in total. The molecule has 2 heterocycles. The normalized spacial score (nSPS) is 12.9. The Labute approximate surface area is 126 Å². The molecular weight excluding hydrogens is 292 g/mol. The fourth-order valence-electron chi connectivity index (χ4n) is 2.08. The zero-order chi connectivity index (χ0) is 14.8. The first kappa shape index (κ1) is 13.7. The van der Waals surface area contributed by atoms with E-state index in [-0.39, 0.29) is 5.91 Å². The van der Waals surface area contributed by atoms with Crippen LogP contribution in [-0.4, -0.2) is 24.1 Å². The third kappa shape index (κ3) is 3.08. The molecule has 0 bridgehead atoms. The molecule has 3 rings (SSSR count). The highest BCUT2D eigenvalue weighted by atomic mass is 35.5. The van der Waals surface area contributed by atoms with Crippen molar-refractivity contribution in [3.8, 4) is 11.5 Å². The lowest BCUT2D eigenvalue weighted by molar-refractivity contribution is 0.102. The van der Waals surface area contributed by atoms with Crippen molar-refractivity contribution in [3.63, 3.8) is 0 Å². The molecular formula is C15H13ClN2O3. The van der Waals surface area contributed by atoms with E-state index in [0.29, 0.717) is 46.8 Å². The predicted octanol–water partition coefficient (Wildman–Crippen LogP) is 3.07. The number of hydrogen-bond acceptors (Lipinski definition) is 4. The van der Waals surface area contributed by atoms with Crippen LogP contribution in [0.15, 0.2) is 30.3 Å². The smallest absolute Gasteiger partial charge is 0.255 e. The van der Waals surface area contributed by atoms with Crippen molar-refractivity contribution in [2.24, 2.45) is 0 Å². The van der Waals surface area contributed by atoms with Crippen molar-refractivity contribution in [3.05, 3.63) is 46.7 Å². The highest BCUT2D eigenvalue weighted by Gasteiger charge is 2.14. The Morgan fingerprint density at radius 3 is 2.71 bits per heavy atom. The summed E-state index contributed by atoms with van der Waals surface area (Å²) in [6.45, 7) is 2.82. The standard InChI is InChI=1S/C15H13ClN2O3/c1-9-6-10(7-14(16)17-9)15(19)18-11-2-3-12-13(8-11)21-5-4-20-12/h2-3,6-8H,4-5H2,1H3,(H,18,19). The summed E-state index contributed by atoms with van der Waals surface area (Å²) in [5, 5.41) is 3.10. The molecule has 1 aliphatic heterocycles. The van der Waals surface area contributed by atoms with Crippen LogP contribution in [0.5, 0.6) is 11.5 Å². The van der Waals surface area contributed by atoms with Crippen LogP contribution >= 0.6 is 11.6 Å². The van der Waals surface area contributed by atoms with Crippen LogP contribution in [0.1, 0.15) is 16.1 Å². The van der Waals surface area contributed by atoms with E-state index >= 15 is 0 Å². The Bertz CT molecular complexity index is 683. The zero-order valence-electron chi connectivity index (χ0n) is 11.4. The molecule has 1 aromatic heterocycles. The quantitative estimate of drug-likeness (QED) is 0.866. The Balaban J connectivity index is 1.81. The van der Waals surface area contributed by atoms with Gasteiger partial charge in [-0.25, -0.2) is 4.98 Å². The number of hydrogen-bond donors (Lipinski definition) is 1. The van der Waals surface area contributed by atoms with E-state index in [1.165, 1.54) is 6.07 Å². The minimum Gasteiger partial charge on any atom is -0.486 e. The second-order valence-corrected chi connectivity index (χ2v) is 5.02. The first-order valence-corrected chi connectivity index (χ1v) is 6.85. The van der Waals surface area contributed by atoms with Crippen molar-refractivity contribution in [1.82, 2.24) is 4.98 Å². The van der Waals surface area contributed by atoms with Crippen LogP contribution in [0.3, 0.4) is 0 Å². The second kappa shape index (κ2) is 5.61. The molecule has 0 saturated heterocycles. The molecule has 0 fully saturated rings. The first-order valence-electron chi connectivity index (χ1n) is 6.47. The Morgan fingerprint density at radius 1 is 1.19 bits per heavy atom. The number of nitrogens with one attached hydrogen (secondary N) is 1. The average molecular weight is 305 g/mol. The number of carbonyl (C=O) groups excluding carboxylic acids is 1. The van der Waals surface area contributed by atoms with Crippen LogP contribution in [0, 0.1) is 6.92 Å². The first-order chi connectivity index (χ1) is 10.1. The molecule has 1 aliphatic rings. The number of ether oxygens (including phenoxy) is 2. The van der Waals surface area contributed by atoms with E-state index < -0.39 is 0 Å².